The van der Waals surface area contributed by atoms with Gasteiger partial charge in [-0.05, 0) is 36.5 Å². The second-order valence-corrected chi connectivity index (χ2v) is 5.03. The predicted molar refractivity (Wildman–Crippen MR) is 68.8 cm³/mol. The van der Waals surface area contributed by atoms with Crippen LogP contribution < -0.4 is 10.1 Å². The zero-order valence-corrected chi connectivity index (χ0v) is 10.9. The van der Waals surface area contributed by atoms with Gasteiger partial charge in [0.2, 0.25) is 0 Å². The standard InChI is InChI=1S/C14H19F2NO2/c1-19-13-4-2-10(3-5-13)11-6-12(7-11)17-8-14(15,16)9-18/h2-5,11-12,17-18H,6-9H2,1H3. The summed E-state index contributed by atoms with van der Waals surface area (Å²) in [5.41, 5.74) is 1.22. The summed E-state index contributed by atoms with van der Waals surface area (Å²) in [5.74, 6) is -1.78. The summed E-state index contributed by atoms with van der Waals surface area (Å²) in [6.07, 6.45) is 1.71. The van der Waals surface area contributed by atoms with Crippen molar-refractivity contribution < 1.29 is 18.6 Å². The molecule has 1 aromatic carbocycles. The van der Waals surface area contributed by atoms with Crippen LogP contribution in [0, 0.1) is 0 Å². The van der Waals surface area contributed by atoms with Crippen LogP contribution in [0.1, 0.15) is 24.3 Å². The predicted octanol–water partition coefficient (Wildman–Crippen LogP) is 2.16. The molecule has 2 rings (SSSR count). The van der Waals surface area contributed by atoms with Crippen molar-refractivity contribution in [1.82, 2.24) is 5.32 Å². The van der Waals surface area contributed by atoms with E-state index in [1.807, 2.05) is 24.3 Å². The second kappa shape index (κ2) is 5.84. The molecule has 0 bridgehead atoms. The summed E-state index contributed by atoms with van der Waals surface area (Å²) in [6.45, 7) is -1.56. The average molecular weight is 271 g/mol. The van der Waals surface area contributed by atoms with Gasteiger partial charge in [0.25, 0.3) is 5.92 Å². The van der Waals surface area contributed by atoms with Crippen molar-refractivity contribution in [1.29, 1.82) is 0 Å². The molecule has 0 spiro atoms. The van der Waals surface area contributed by atoms with Crippen molar-refractivity contribution in [2.45, 2.75) is 30.7 Å². The summed E-state index contributed by atoms with van der Waals surface area (Å²) in [6, 6.07) is 7.97. The fourth-order valence-corrected chi connectivity index (χ4v) is 2.28. The summed E-state index contributed by atoms with van der Waals surface area (Å²) >= 11 is 0. The largest absolute Gasteiger partial charge is 0.497 e. The Bertz CT molecular complexity index is 402. The molecule has 1 fully saturated rings. The third-order valence-electron chi connectivity index (χ3n) is 3.61. The number of rotatable bonds is 6. The third kappa shape index (κ3) is 3.64. The number of hydrogen-bond donors (Lipinski definition) is 2. The van der Waals surface area contributed by atoms with E-state index in [2.05, 4.69) is 5.32 Å². The summed E-state index contributed by atoms with van der Waals surface area (Å²) in [4.78, 5) is 0. The number of aliphatic hydroxyl groups excluding tert-OH is 1. The molecule has 0 saturated heterocycles. The lowest BCUT2D eigenvalue weighted by molar-refractivity contribution is -0.0512. The van der Waals surface area contributed by atoms with Crippen LogP contribution in [0.25, 0.3) is 0 Å². The first-order valence-corrected chi connectivity index (χ1v) is 6.40. The molecule has 5 heteroatoms. The molecule has 0 atom stereocenters. The van der Waals surface area contributed by atoms with Gasteiger partial charge >= 0.3 is 0 Å². The molecule has 0 unspecified atom stereocenters. The highest BCUT2D eigenvalue weighted by molar-refractivity contribution is 5.30. The van der Waals surface area contributed by atoms with E-state index in [1.165, 1.54) is 5.56 Å². The van der Waals surface area contributed by atoms with E-state index in [1.54, 1.807) is 7.11 Å². The Morgan fingerprint density at radius 3 is 2.47 bits per heavy atom. The molecule has 0 amide bonds. The molecule has 0 radical (unpaired) electrons. The fraction of sp³-hybridized carbons (Fsp3) is 0.571. The molecule has 2 N–H and O–H groups in total. The summed E-state index contributed by atoms with van der Waals surface area (Å²) in [7, 11) is 1.62. The minimum atomic E-state index is -3.02. The van der Waals surface area contributed by atoms with Crippen molar-refractivity contribution in [3.05, 3.63) is 29.8 Å². The summed E-state index contributed by atoms with van der Waals surface area (Å²) < 4.78 is 30.8. The molecule has 0 aliphatic heterocycles. The number of ether oxygens (including phenoxy) is 1. The van der Waals surface area contributed by atoms with Crippen LogP contribution in [0.3, 0.4) is 0 Å². The number of aliphatic hydroxyl groups is 1. The summed E-state index contributed by atoms with van der Waals surface area (Å²) in [5, 5.41) is 11.3. The zero-order chi connectivity index (χ0) is 13.9. The first kappa shape index (κ1) is 14.2. The maximum absolute atomic E-state index is 12.9. The first-order valence-electron chi connectivity index (χ1n) is 6.40. The SMILES string of the molecule is COc1ccc(C2CC(NCC(F)(F)CO)C2)cc1. The smallest absolute Gasteiger partial charge is 0.282 e. The van der Waals surface area contributed by atoms with Gasteiger partial charge in [0, 0.05) is 6.04 Å². The maximum atomic E-state index is 12.9. The van der Waals surface area contributed by atoms with E-state index in [-0.39, 0.29) is 6.04 Å². The maximum Gasteiger partial charge on any atom is 0.282 e. The normalized spacial score (nSPS) is 22.9. The van der Waals surface area contributed by atoms with Crippen LogP contribution in [-0.4, -0.2) is 37.3 Å². The van der Waals surface area contributed by atoms with Gasteiger partial charge in [-0.2, -0.15) is 0 Å². The van der Waals surface area contributed by atoms with E-state index in [9.17, 15) is 8.78 Å². The number of methoxy groups -OCH3 is 1. The molecule has 1 aliphatic rings. The minimum absolute atomic E-state index is 0.115. The number of nitrogens with one attached hydrogen (secondary N) is 1. The van der Waals surface area contributed by atoms with Crippen LogP contribution in [0.2, 0.25) is 0 Å². The number of benzene rings is 1. The molecule has 0 heterocycles. The number of hydrogen-bond acceptors (Lipinski definition) is 3. The van der Waals surface area contributed by atoms with Crippen molar-refractivity contribution in [3.63, 3.8) is 0 Å². The van der Waals surface area contributed by atoms with Crippen LogP contribution in [0.5, 0.6) is 5.75 Å². The Labute approximate surface area is 111 Å². The van der Waals surface area contributed by atoms with Gasteiger partial charge in [-0.3, -0.25) is 0 Å². The molecule has 3 nitrogen and oxygen atoms in total. The van der Waals surface area contributed by atoms with Gasteiger partial charge in [0.1, 0.15) is 12.4 Å². The molecule has 106 valence electrons. The Morgan fingerprint density at radius 2 is 1.95 bits per heavy atom. The molecular formula is C14H19F2NO2. The topological polar surface area (TPSA) is 41.5 Å². The van der Waals surface area contributed by atoms with E-state index < -0.39 is 19.1 Å². The van der Waals surface area contributed by atoms with E-state index in [0.29, 0.717) is 5.92 Å². The van der Waals surface area contributed by atoms with Gasteiger partial charge in [-0.15, -0.1) is 0 Å². The highest BCUT2D eigenvalue weighted by Gasteiger charge is 2.34. The average Bonchev–Trinajstić information content (AvgIpc) is 2.37. The second-order valence-electron chi connectivity index (χ2n) is 5.03. The molecule has 1 aliphatic carbocycles. The lowest BCUT2D eigenvalue weighted by Gasteiger charge is -2.37. The Hall–Kier alpha value is -1.20. The Morgan fingerprint density at radius 1 is 1.32 bits per heavy atom. The van der Waals surface area contributed by atoms with Crippen molar-refractivity contribution in [3.8, 4) is 5.75 Å². The lowest BCUT2D eigenvalue weighted by Crippen LogP contribution is -2.46. The lowest BCUT2D eigenvalue weighted by atomic mass is 9.76. The number of alkyl halides is 2. The van der Waals surface area contributed by atoms with Crippen molar-refractivity contribution in [2.75, 3.05) is 20.3 Å². The number of halogens is 2. The van der Waals surface area contributed by atoms with Gasteiger partial charge in [0.05, 0.1) is 13.7 Å². The fourth-order valence-electron chi connectivity index (χ4n) is 2.28. The molecule has 0 aromatic heterocycles. The van der Waals surface area contributed by atoms with Gasteiger partial charge in [0.15, 0.2) is 0 Å². The highest BCUT2D eigenvalue weighted by Crippen LogP contribution is 2.37. The van der Waals surface area contributed by atoms with Crippen LogP contribution in [0.15, 0.2) is 24.3 Å². The Kier molecular flexibility index (Phi) is 4.37. The van der Waals surface area contributed by atoms with E-state index >= 15 is 0 Å². The Balaban J connectivity index is 1.76. The molecule has 19 heavy (non-hydrogen) atoms. The quantitative estimate of drug-likeness (QED) is 0.833. The van der Waals surface area contributed by atoms with E-state index in [0.717, 1.165) is 18.6 Å². The van der Waals surface area contributed by atoms with Crippen LogP contribution in [-0.2, 0) is 0 Å². The zero-order valence-electron chi connectivity index (χ0n) is 10.9. The van der Waals surface area contributed by atoms with Gasteiger partial charge in [-0.25, -0.2) is 8.78 Å². The molecular weight excluding hydrogens is 252 g/mol. The molecule has 1 aromatic rings. The van der Waals surface area contributed by atoms with Crippen molar-refractivity contribution >= 4 is 0 Å². The molecule has 1 saturated carbocycles. The first-order chi connectivity index (χ1) is 9.04. The van der Waals surface area contributed by atoms with E-state index in [4.69, 9.17) is 9.84 Å². The van der Waals surface area contributed by atoms with Crippen LogP contribution >= 0.6 is 0 Å². The third-order valence-corrected chi connectivity index (χ3v) is 3.61. The monoisotopic (exact) mass is 271 g/mol. The van der Waals surface area contributed by atoms with Gasteiger partial charge in [-0.1, -0.05) is 12.1 Å². The van der Waals surface area contributed by atoms with Gasteiger partial charge < -0.3 is 15.2 Å². The minimum Gasteiger partial charge on any atom is -0.497 e. The highest BCUT2D eigenvalue weighted by atomic mass is 19.3. The van der Waals surface area contributed by atoms with Crippen LogP contribution in [0.4, 0.5) is 8.78 Å². The van der Waals surface area contributed by atoms with Crippen molar-refractivity contribution in [2.24, 2.45) is 0 Å².